The van der Waals surface area contributed by atoms with E-state index in [0.29, 0.717) is 0 Å². The van der Waals surface area contributed by atoms with Crippen LogP contribution in [0, 0.1) is 0 Å². The third kappa shape index (κ3) is 2.67. The van der Waals surface area contributed by atoms with Gasteiger partial charge in [-0.15, -0.1) is 0 Å². The quantitative estimate of drug-likeness (QED) is 0.788. The van der Waals surface area contributed by atoms with Gasteiger partial charge in [0.1, 0.15) is 0 Å². The van der Waals surface area contributed by atoms with Gasteiger partial charge in [-0.2, -0.15) is 0 Å². The first kappa shape index (κ1) is 10.8. The summed E-state index contributed by atoms with van der Waals surface area (Å²) in [5.74, 6) is 0. The van der Waals surface area contributed by atoms with Gasteiger partial charge in [0.2, 0.25) is 0 Å². The topological polar surface area (TPSA) is 24.9 Å². The zero-order chi connectivity index (χ0) is 11.2. The highest BCUT2D eigenvalue weighted by Crippen LogP contribution is 2.14. The van der Waals surface area contributed by atoms with Crippen molar-refractivity contribution < 1.29 is 0 Å². The summed E-state index contributed by atoms with van der Waals surface area (Å²) in [6, 6.07) is 10.4. The van der Waals surface area contributed by atoms with Crippen molar-refractivity contribution in [3.05, 3.63) is 48.2 Å². The maximum absolute atomic E-state index is 4.34. The van der Waals surface area contributed by atoms with Gasteiger partial charge in [0.15, 0.2) is 0 Å². The van der Waals surface area contributed by atoms with Crippen LogP contribution >= 0.6 is 0 Å². The first-order valence-electron chi connectivity index (χ1n) is 5.56. The number of fused-ring (bicyclic) bond motifs is 1. The summed E-state index contributed by atoms with van der Waals surface area (Å²) < 4.78 is 0. The molecule has 0 aliphatic rings. The van der Waals surface area contributed by atoms with E-state index in [1.165, 1.54) is 10.9 Å². The van der Waals surface area contributed by atoms with Crippen LogP contribution in [0.5, 0.6) is 0 Å². The summed E-state index contributed by atoms with van der Waals surface area (Å²) in [4.78, 5) is 4.34. The van der Waals surface area contributed by atoms with E-state index in [0.717, 1.165) is 18.5 Å². The molecule has 0 unspecified atom stereocenters. The van der Waals surface area contributed by atoms with E-state index in [-0.39, 0.29) is 0 Å². The largest absolute Gasteiger partial charge is 0.319 e. The molecule has 0 spiro atoms. The monoisotopic (exact) mass is 212 g/mol. The summed E-state index contributed by atoms with van der Waals surface area (Å²) in [6.07, 6.45) is 7.21. The minimum absolute atomic E-state index is 1.02. The van der Waals surface area contributed by atoms with Gasteiger partial charge in [0.05, 0.1) is 5.52 Å². The number of pyridine rings is 1. The molecule has 16 heavy (non-hydrogen) atoms. The van der Waals surface area contributed by atoms with Crippen molar-refractivity contribution in [3.8, 4) is 0 Å². The van der Waals surface area contributed by atoms with E-state index in [1.807, 2.05) is 19.3 Å². The first-order valence-corrected chi connectivity index (χ1v) is 5.56. The van der Waals surface area contributed by atoms with Gasteiger partial charge in [-0.05, 0) is 37.7 Å². The summed E-state index contributed by atoms with van der Waals surface area (Å²) in [6.45, 7) is 1.02. The standard InChI is InChI=1S/C14H16N2/c1-15-9-3-2-5-12-7-8-13-6-4-10-16-14(13)11-12/h2,4-8,10-11,15H,3,9H2,1H3/b5-2+. The van der Waals surface area contributed by atoms with Gasteiger partial charge >= 0.3 is 0 Å². The van der Waals surface area contributed by atoms with Crippen LogP contribution in [-0.2, 0) is 0 Å². The molecule has 0 aliphatic heterocycles. The summed E-state index contributed by atoms with van der Waals surface area (Å²) in [7, 11) is 1.97. The second kappa shape index (κ2) is 5.42. The smallest absolute Gasteiger partial charge is 0.0707 e. The predicted molar refractivity (Wildman–Crippen MR) is 69.3 cm³/mol. The van der Waals surface area contributed by atoms with Crippen LogP contribution in [0.2, 0.25) is 0 Å². The third-order valence-corrected chi connectivity index (χ3v) is 2.50. The van der Waals surface area contributed by atoms with E-state index >= 15 is 0 Å². The van der Waals surface area contributed by atoms with Gasteiger partial charge in [0, 0.05) is 11.6 Å². The van der Waals surface area contributed by atoms with Gasteiger partial charge in [-0.3, -0.25) is 4.98 Å². The Morgan fingerprint density at radius 2 is 2.25 bits per heavy atom. The van der Waals surface area contributed by atoms with Crippen molar-refractivity contribution >= 4 is 17.0 Å². The number of aromatic nitrogens is 1. The van der Waals surface area contributed by atoms with Gasteiger partial charge in [-0.25, -0.2) is 0 Å². The highest BCUT2D eigenvalue weighted by atomic mass is 14.8. The highest BCUT2D eigenvalue weighted by molar-refractivity contribution is 5.80. The minimum Gasteiger partial charge on any atom is -0.319 e. The number of hydrogen-bond donors (Lipinski definition) is 1. The normalized spacial score (nSPS) is 11.3. The van der Waals surface area contributed by atoms with Gasteiger partial charge in [0.25, 0.3) is 0 Å². The molecule has 0 saturated heterocycles. The molecule has 0 aliphatic carbocycles. The Morgan fingerprint density at radius 1 is 1.31 bits per heavy atom. The number of rotatable bonds is 4. The fraction of sp³-hybridized carbons (Fsp3) is 0.214. The van der Waals surface area contributed by atoms with Crippen LogP contribution in [0.25, 0.3) is 17.0 Å². The average molecular weight is 212 g/mol. The lowest BCUT2D eigenvalue weighted by Gasteiger charge is -1.98. The molecule has 2 aromatic rings. The minimum atomic E-state index is 1.02. The van der Waals surface area contributed by atoms with E-state index in [1.54, 1.807) is 0 Å². The Labute approximate surface area is 96.0 Å². The van der Waals surface area contributed by atoms with Crippen LogP contribution in [0.1, 0.15) is 12.0 Å². The molecule has 0 radical (unpaired) electrons. The SMILES string of the molecule is CNCC/C=C/c1ccc2cccnc2c1. The zero-order valence-electron chi connectivity index (χ0n) is 9.48. The van der Waals surface area contributed by atoms with Crippen molar-refractivity contribution in [1.82, 2.24) is 10.3 Å². The van der Waals surface area contributed by atoms with Crippen molar-refractivity contribution in [3.63, 3.8) is 0 Å². The molecule has 1 aromatic carbocycles. The molecule has 2 nitrogen and oxygen atoms in total. The van der Waals surface area contributed by atoms with E-state index < -0.39 is 0 Å². The van der Waals surface area contributed by atoms with Crippen molar-refractivity contribution in [1.29, 1.82) is 0 Å². The summed E-state index contributed by atoms with van der Waals surface area (Å²) in [5, 5.41) is 4.31. The molecule has 0 fully saturated rings. The van der Waals surface area contributed by atoms with Crippen molar-refractivity contribution in [2.75, 3.05) is 13.6 Å². The third-order valence-electron chi connectivity index (χ3n) is 2.50. The van der Waals surface area contributed by atoms with Crippen LogP contribution < -0.4 is 5.32 Å². The molecule has 2 heteroatoms. The maximum Gasteiger partial charge on any atom is 0.0707 e. The fourth-order valence-corrected chi connectivity index (χ4v) is 1.63. The van der Waals surface area contributed by atoms with Crippen LogP contribution in [0.3, 0.4) is 0 Å². The predicted octanol–water partition coefficient (Wildman–Crippen LogP) is 2.86. The van der Waals surface area contributed by atoms with Crippen molar-refractivity contribution in [2.24, 2.45) is 0 Å². The van der Waals surface area contributed by atoms with E-state index in [2.05, 4.69) is 46.7 Å². The summed E-state index contributed by atoms with van der Waals surface area (Å²) in [5.41, 5.74) is 2.26. The number of benzene rings is 1. The van der Waals surface area contributed by atoms with E-state index in [9.17, 15) is 0 Å². The number of nitrogens with one attached hydrogen (secondary N) is 1. The van der Waals surface area contributed by atoms with Gasteiger partial charge < -0.3 is 5.32 Å². The van der Waals surface area contributed by atoms with Crippen LogP contribution in [-0.4, -0.2) is 18.6 Å². The fourth-order valence-electron chi connectivity index (χ4n) is 1.63. The molecule has 0 atom stereocenters. The Bertz CT molecular complexity index is 489. The Balaban J connectivity index is 2.16. The zero-order valence-corrected chi connectivity index (χ0v) is 9.48. The second-order valence-corrected chi connectivity index (χ2v) is 3.75. The molecule has 1 N–H and O–H groups in total. The average Bonchev–Trinajstić information content (AvgIpc) is 2.34. The Hall–Kier alpha value is -1.67. The maximum atomic E-state index is 4.34. The lowest BCUT2D eigenvalue weighted by Crippen LogP contribution is -2.05. The summed E-state index contributed by atoms with van der Waals surface area (Å²) >= 11 is 0. The number of nitrogens with zero attached hydrogens (tertiary/aromatic N) is 1. The number of hydrogen-bond acceptors (Lipinski definition) is 2. The van der Waals surface area contributed by atoms with E-state index in [4.69, 9.17) is 0 Å². The lowest BCUT2D eigenvalue weighted by molar-refractivity contribution is 0.809. The molecule has 1 aromatic heterocycles. The molecule has 0 bridgehead atoms. The van der Waals surface area contributed by atoms with Gasteiger partial charge in [-0.1, -0.05) is 30.4 Å². The molecule has 1 heterocycles. The molecule has 0 saturated carbocycles. The lowest BCUT2D eigenvalue weighted by atomic mass is 10.1. The molecule has 0 amide bonds. The Kier molecular flexibility index (Phi) is 3.67. The van der Waals surface area contributed by atoms with Crippen LogP contribution in [0.4, 0.5) is 0 Å². The molecule has 82 valence electrons. The highest BCUT2D eigenvalue weighted by Gasteiger charge is 1.93. The molecular formula is C14H16N2. The van der Waals surface area contributed by atoms with Crippen molar-refractivity contribution in [2.45, 2.75) is 6.42 Å². The molecule has 2 rings (SSSR count). The first-order chi connectivity index (χ1) is 7.90. The second-order valence-electron chi connectivity index (χ2n) is 3.75. The Morgan fingerprint density at radius 3 is 3.12 bits per heavy atom. The molecular weight excluding hydrogens is 196 g/mol. The van der Waals surface area contributed by atoms with Crippen LogP contribution in [0.15, 0.2) is 42.6 Å².